The summed E-state index contributed by atoms with van der Waals surface area (Å²) in [5.74, 6) is -2.67. The molecule has 1 aromatic heterocycles. The number of carboxylic acids is 2. The molecule has 0 fully saturated rings. The number of aromatic nitrogens is 1. The first-order chi connectivity index (χ1) is 9.58. The van der Waals surface area contributed by atoms with E-state index >= 15 is 0 Å². The zero-order chi connectivity index (χ0) is 14.5. The smallest absolute Gasteiger partial charge is 0.0977 e. The molecule has 1 unspecified atom stereocenters. The minimum atomic E-state index is -1.41. The molecule has 1 aromatic carbocycles. The van der Waals surface area contributed by atoms with E-state index in [-0.39, 0.29) is 10.7 Å². The van der Waals surface area contributed by atoms with Crippen LogP contribution in [0.1, 0.15) is 21.3 Å². The van der Waals surface area contributed by atoms with Crippen molar-refractivity contribution in [3.05, 3.63) is 59.8 Å². The van der Waals surface area contributed by atoms with E-state index in [2.05, 4.69) is 4.98 Å². The molecule has 0 radical (unpaired) electrons. The summed E-state index contributed by atoms with van der Waals surface area (Å²) in [5.41, 5.74) is 0.318. The number of carbonyl (C=O) groups is 2. The number of rotatable bonds is 5. The van der Waals surface area contributed by atoms with Crippen LogP contribution in [-0.4, -0.2) is 16.9 Å². The monoisotopic (exact) mass is 287 g/mol. The van der Waals surface area contributed by atoms with Crippen LogP contribution in [0.2, 0.25) is 0 Å². The van der Waals surface area contributed by atoms with Crippen molar-refractivity contribution in [2.24, 2.45) is 0 Å². The quantitative estimate of drug-likeness (QED) is 0.720. The molecule has 0 aliphatic heterocycles. The molecule has 6 heteroatoms. The van der Waals surface area contributed by atoms with Gasteiger partial charge in [-0.2, -0.15) is 0 Å². The highest BCUT2D eigenvalue weighted by molar-refractivity contribution is 8.00. The standard InChI is InChI=1S/C14H11NO4S/c16-13(17)10-7-4-8-11(15-10)20-12(14(18)19)9-5-2-1-3-6-9/h1-8,12H,(H,16,17)(H,18,19)/p-2. The maximum Gasteiger partial charge on any atom is 0.0977 e. The minimum Gasteiger partial charge on any atom is -0.549 e. The lowest BCUT2D eigenvalue weighted by atomic mass is 10.1. The Morgan fingerprint density at radius 2 is 1.70 bits per heavy atom. The van der Waals surface area contributed by atoms with E-state index in [0.717, 1.165) is 11.8 Å². The van der Waals surface area contributed by atoms with Crippen LogP contribution in [0.25, 0.3) is 0 Å². The van der Waals surface area contributed by atoms with Gasteiger partial charge in [0.25, 0.3) is 0 Å². The number of benzene rings is 1. The van der Waals surface area contributed by atoms with Gasteiger partial charge in [0.05, 0.1) is 27.9 Å². The molecule has 1 heterocycles. The molecule has 2 aromatic rings. The van der Waals surface area contributed by atoms with Crippen molar-refractivity contribution in [1.82, 2.24) is 4.98 Å². The Balaban J connectivity index is 2.27. The summed E-state index contributed by atoms with van der Waals surface area (Å²) in [5, 5.41) is 21.3. The second-order valence-electron chi connectivity index (χ2n) is 3.88. The summed E-state index contributed by atoms with van der Waals surface area (Å²) in [4.78, 5) is 25.8. The maximum atomic E-state index is 11.2. The molecular weight excluding hydrogens is 278 g/mol. The number of aliphatic carboxylic acids is 1. The Morgan fingerprint density at radius 1 is 1.00 bits per heavy atom. The van der Waals surface area contributed by atoms with Crippen molar-refractivity contribution < 1.29 is 19.8 Å². The average Bonchev–Trinajstić information content (AvgIpc) is 2.45. The molecule has 0 saturated heterocycles. The lowest BCUT2D eigenvalue weighted by Gasteiger charge is -2.17. The lowest BCUT2D eigenvalue weighted by Crippen LogP contribution is -2.28. The molecule has 0 bridgehead atoms. The number of carboxylic acid groups (broad SMARTS) is 2. The average molecular weight is 287 g/mol. The van der Waals surface area contributed by atoms with E-state index in [1.165, 1.54) is 18.2 Å². The number of nitrogens with zero attached hydrogens (tertiary/aromatic N) is 1. The zero-order valence-electron chi connectivity index (χ0n) is 10.2. The first-order valence-electron chi connectivity index (χ1n) is 5.69. The largest absolute Gasteiger partial charge is 0.549 e. The van der Waals surface area contributed by atoms with Crippen LogP contribution in [0.3, 0.4) is 0 Å². The van der Waals surface area contributed by atoms with Crippen molar-refractivity contribution in [3.8, 4) is 0 Å². The predicted octanol–water partition coefficient (Wildman–Crippen LogP) is 0.0284. The van der Waals surface area contributed by atoms with Gasteiger partial charge < -0.3 is 19.8 Å². The molecule has 5 nitrogen and oxygen atoms in total. The van der Waals surface area contributed by atoms with Crippen molar-refractivity contribution in [2.75, 3.05) is 0 Å². The fourth-order valence-corrected chi connectivity index (χ4v) is 2.53. The summed E-state index contributed by atoms with van der Waals surface area (Å²) in [6.07, 6.45) is 0. The van der Waals surface area contributed by atoms with Crippen molar-refractivity contribution in [1.29, 1.82) is 0 Å². The van der Waals surface area contributed by atoms with Crippen LogP contribution in [0.15, 0.2) is 53.6 Å². The highest BCUT2D eigenvalue weighted by Gasteiger charge is 2.15. The van der Waals surface area contributed by atoms with Crippen LogP contribution >= 0.6 is 11.8 Å². The van der Waals surface area contributed by atoms with E-state index in [4.69, 9.17) is 0 Å². The summed E-state index contributed by atoms with van der Waals surface area (Å²) in [6, 6.07) is 12.8. The van der Waals surface area contributed by atoms with Gasteiger partial charge in [-0.25, -0.2) is 4.98 Å². The normalized spacial score (nSPS) is 11.8. The van der Waals surface area contributed by atoms with Crippen molar-refractivity contribution in [3.63, 3.8) is 0 Å². The molecule has 20 heavy (non-hydrogen) atoms. The van der Waals surface area contributed by atoms with Crippen LogP contribution < -0.4 is 10.2 Å². The fraction of sp³-hybridized carbons (Fsp3) is 0.0714. The van der Waals surface area contributed by atoms with Crippen LogP contribution in [-0.2, 0) is 4.79 Å². The maximum absolute atomic E-state index is 11.2. The SMILES string of the molecule is O=C([O-])c1cccc(SC(C(=O)[O-])c2ccccc2)n1. The van der Waals surface area contributed by atoms with Gasteiger partial charge in [-0.05, 0) is 17.7 Å². The van der Waals surface area contributed by atoms with Gasteiger partial charge in [-0.1, -0.05) is 48.2 Å². The predicted molar refractivity (Wildman–Crippen MR) is 68.6 cm³/mol. The minimum absolute atomic E-state index is 0.236. The van der Waals surface area contributed by atoms with Crippen molar-refractivity contribution >= 4 is 23.7 Å². The highest BCUT2D eigenvalue weighted by Crippen LogP contribution is 2.33. The van der Waals surface area contributed by atoms with Gasteiger partial charge in [-0.15, -0.1) is 0 Å². The third kappa shape index (κ3) is 3.36. The molecule has 0 N–H and O–H groups in total. The van der Waals surface area contributed by atoms with Gasteiger partial charge in [0.15, 0.2) is 0 Å². The number of pyridine rings is 1. The molecule has 0 aliphatic carbocycles. The van der Waals surface area contributed by atoms with E-state index in [0.29, 0.717) is 5.56 Å². The molecule has 2 rings (SSSR count). The van der Waals surface area contributed by atoms with Gasteiger partial charge in [0, 0.05) is 0 Å². The first kappa shape index (κ1) is 14.1. The summed E-state index contributed by atoms with van der Waals surface area (Å²) in [7, 11) is 0. The number of thioether (sulfide) groups is 1. The topological polar surface area (TPSA) is 93.1 Å². The number of aromatic carboxylic acids is 1. The highest BCUT2D eigenvalue weighted by atomic mass is 32.2. The summed E-state index contributed by atoms with van der Waals surface area (Å²) < 4.78 is 0. The Morgan fingerprint density at radius 3 is 2.30 bits per heavy atom. The third-order valence-corrected chi connectivity index (χ3v) is 3.66. The second-order valence-corrected chi connectivity index (χ2v) is 5.00. The molecule has 0 spiro atoms. The molecule has 1 atom stereocenters. The van der Waals surface area contributed by atoms with E-state index < -0.39 is 17.2 Å². The van der Waals surface area contributed by atoms with E-state index in [9.17, 15) is 19.8 Å². The number of hydrogen-bond acceptors (Lipinski definition) is 6. The van der Waals surface area contributed by atoms with Gasteiger partial charge >= 0.3 is 0 Å². The number of carbonyl (C=O) groups excluding carboxylic acids is 2. The number of hydrogen-bond donors (Lipinski definition) is 0. The summed E-state index contributed by atoms with van der Waals surface area (Å²) in [6.45, 7) is 0. The van der Waals surface area contributed by atoms with Crippen LogP contribution in [0.4, 0.5) is 0 Å². The molecule has 102 valence electrons. The van der Waals surface area contributed by atoms with Gasteiger partial charge in [0.2, 0.25) is 0 Å². The molecule has 0 aliphatic rings. The fourth-order valence-electron chi connectivity index (χ4n) is 1.59. The lowest BCUT2D eigenvalue weighted by molar-refractivity contribution is -0.305. The van der Waals surface area contributed by atoms with Crippen molar-refractivity contribution in [2.45, 2.75) is 10.3 Å². The Kier molecular flexibility index (Phi) is 4.37. The zero-order valence-corrected chi connectivity index (χ0v) is 11.0. The Bertz CT molecular complexity index is 630. The second kappa shape index (κ2) is 6.21. The Hall–Kier alpha value is -2.34. The first-order valence-corrected chi connectivity index (χ1v) is 6.57. The van der Waals surface area contributed by atoms with Crippen LogP contribution in [0.5, 0.6) is 0 Å². The molecule has 0 saturated carbocycles. The van der Waals surface area contributed by atoms with E-state index in [1.54, 1.807) is 30.3 Å². The molecular formula is C14H9NO4S-2. The Labute approximate surface area is 119 Å². The van der Waals surface area contributed by atoms with Crippen LogP contribution in [0, 0.1) is 0 Å². The third-order valence-electron chi connectivity index (χ3n) is 2.49. The molecule has 0 amide bonds. The van der Waals surface area contributed by atoms with E-state index in [1.807, 2.05) is 0 Å². The van der Waals surface area contributed by atoms with Gasteiger partial charge in [0.1, 0.15) is 0 Å². The van der Waals surface area contributed by atoms with Gasteiger partial charge in [-0.3, -0.25) is 0 Å². The summed E-state index contributed by atoms with van der Waals surface area (Å²) >= 11 is 0.917.